The maximum atomic E-state index is 15.0. The first-order valence-corrected chi connectivity index (χ1v) is 9.03. The number of aromatic nitrogens is 2. The molecule has 0 amide bonds. The van der Waals surface area contributed by atoms with E-state index in [-0.39, 0.29) is 29.1 Å². The van der Waals surface area contributed by atoms with E-state index in [1.165, 1.54) is 42.6 Å². The summed E-state index contributed by atoms with van der Waals surface area (Å²) in [7, 11) is 0. The number of carbonyl (C=O) groups excluding carboxylic acids is 1. The van der Waals surface area contributed by atoms with Crippen LogP contribution in [-0.2, 0) is 6.61 Å². The molecule has 0 aliphatic heterocycles. The Labute approximate surface area is 174 Å². The van der Waals surface area contributed by atoms with Crippen LogP contribution in [0.15, 0.2) is 60.8 Å². The van der Waals surface area contributed by atoms with Crippen molar-refractivity contribution in [2.24, 2.45) is 0 Å². The summed E-state index contributed by atoms with van der Waals surface area (Å²) >= 11 is 0. The number of carbonyl (C=O) groups is 1. The molecule has 31 heavy (non-hydrogen) atoms. The molecule has 0 bridgehead atoms. The van der Waals surface area contributed by atoms with Gasteiger partial charge in [-0.2, -0.15) is 5.26 Å². The molecule has 0 unspecified atom stereocenters. The Morgan fingerprint density at radius 1 is 1.03 bits per heavy atom. The van der Waals surface area contributed by atoms with E-state index in [1.807, 2.05) is 6.07 Å². The number of ketones is 1. The van der Waals surface area contributed by atoms with E-state index >= 15 is 0 Å². The molecule has 1 aromatic heterocycles. The molecule has 0 fully saturated rings. The fourth-order valence-corrected chi connectivity index (χ4v) is 2.99. The van der Waals surface area contributed by atoms with Crippen molar-refractivity contribution in [1.82, 2.24) is 9.97 Å². The van der Waals surface area contributed by atoms with Gasteiger partial charge in [0.25, 0.3) is 0 Å². The molecule has 1 heterocycles. The second-order valence-corrected chi connectivity index (χ2v) is 6.55. The lowest BCUT2D eigenvalue weighted by molar-refractivity contribution is 0.103. The van der Waals surface area contributed by atoms with Gasteiger partial charge in [-0.25, -0.2) is 18.2 Å². The minimum Gasteiger partial charge on any atom is -0.486 e. The first kappa shape index (κ1) is 20.0. The molecule has 5 nitrogen and oxygen atoms in total. The van der Waals surface area contributed by atoms with Crippen molar-refractivity contribution >= 4 is 16.8 Å². The minimum absolute atomic E-state index is 0.0306. The Morgan fingerprint density at radius 2 is 1.87 bits per heavy atom. The molecule has 0 radical (unpaired) electrons. The van der Waals surface area contributed by atoms with Gasteiger partial charge in [-0.05, 0) is 48.0 Å². The topological polar surface area (TPSA) is 75.9 Å². The van der Waals surface area contributed by atoms with Gasteiger partial charge in [0.15, 0.2) is 23.0 Å². The van der Waals surface area contributed by atoms with Gasteiger partial charge in [0.2, 0.25) is 0 Å². The molecular formula is C23H12F3N3O2. The molecular weight excluding hydrogens is 407 g/mol. The number of halogens is 3. The summed E-state index contributed by atoms with van der Waals surface area (Å²) in [5.41, 5.74) is 0.325. The predicted octanol–water partition coefficient (Wildman–Crippen LogP) is 4.73. The fourth-order valence-electron chi connectivity index (χ4n) is 2.99. The van der Waals surface area contributed by atoms with Crippen molar-refractivity contribution < 1.29 is 22.7 Å². The molecule has 0 atom stereocenters. The average molecular weight is 419 g/mol. The molecule has 0 aliphatic carbocycles. The van der Waals surface area contributed by atoms with Crippen LogP contribution in [-0.4, -0.2) is 15.8 Å². The first-order valence-electron chi connectivity index (χ1n) is 9.03. The Balaban J connectivity index is 1.67. The van der Waals surface area contributed by atoms with Crippen molar-refractivity contribution in [2.45, 2.75) is 6.61 Å². The zero-order chi connectivity index (χ0) is 22.0. The highest BCUT2D eigenvalue weighted by Crippen LogP contribution is 2.27. The van der Waals surface area contributed by atoms with Gasteiger partial charge in [0.1, 0.15) is 24.3 Å². The van der Waals surface area contributed by atoms with Gasteiger partial charge in [-0.15, -0.1) is 0 Å². The number of fused-ring (bicyclic) bond motifs is 1. The monoisotopic (exact) mass is 419 g/mol. The van der Waals surface area contributed by atoms with Gasteiger partial charge >= 0.3 is 0 Å². The summed E-state index contributed by atoms with van der Waals surface area (Å²) < 4.78 is 48.0. The fraction of sp³-hybridized carbons (Fsp3) is 0.0435. The van der Waals surface area contributed by atoms with E-state index in [0.29, 0.717) is 11.1 Å². The van der Waals surface area contributed by atoms with E-state index in [0.717, 1.165) is 12.1 Å². The lowest BCUT2D eigenvalue weighted by atomic mass is 10.0. The molecule has 0 aliphatic rings. The molecule has 0 saturated heterocycles. The van der Waals surface area contributed by atoms with Crippen LogP contribution in [0, 0.1) is 28.8 Å². The third-order valence-corrected chi connectivity index (χ3v) is 4.49. The standard InChI is InChI=1S/C23H12F3N3O2/c24-15-3-1-2-13(8-15)12-31-20-7-5-17(25)21(22(20)26)23(30)14-4-6-18-19(9-14)29-16(10-27)11-28-18/h1-9,11H,12H2. The SMILES string of the molecule is N#Cc1cnc2ccc(C(=O)c3c(F)ccc(OCc4cccc(F)c4)c3F)cc2n1. The number of hydrogen-bond donors (Lipinski definition) is 0. The van der Waals surface area contributed by atoms with Crippen LogP contribution in [0.2, 0.25) is 0 Å². The molecule has 0 N–H and O–H groups in total. The lowest BCUT2D eigenvalue weighted by Crippen LogP contribution is -2.10. The van der Waals surface area contributed by atoms with Crippen LogP contribution in [0.25, 0.3) is 11.0 Å². The first-order chi connectivity index (χ1) is 15.0. The molecule has 4 rings (SSSR count). The summed E-state index contributed by atoms with van der Waals surface area (Å²) in [6.45, 7) is -0.170. The van der Waals surface area contributed by atoms with Gasteiger partial charge < -0.3 is 4.74 Å². The van der Waals surface area contributed by atoms with Gasteiger partial charge in [-0.1, -0.05) is 12.1 Å². The number of nitriles is 1. The van der Waals surface area contributed by atoms with Crippen LogP contribution in [0.3, 0.4) is 0 Å². The van der Waals surface area contributed by atoms with Gasteiger partial charge in [-0.3, -0.25) is 9.78 Å². The van der Waals surface area contributed by atoms with Crippen LogP contribution in [0.1, 0.15) is 27.2 Å². The maximum Gasteiger partial charge on any atom is 0.199 e. The van der Waals surface area contributed by atoms with Gasteiger partial charge in [0, 0.05) is 5.56 Å². The summed E-state index contributed by atoms with van der Waals surface area (Å²) in [5.74, 6) is -3.97. The van der Waals surface area contributed by atoms with Crippen molar-refractivity contribution in [2.75, 3.05) is 0 Å². The smallest absolute Gasteiger partial charge is 0.199 e. The van der Waals surface area contributed by atoms with E-state index < -0.39 is 28.8 Å². The maximum absolute atomic E-state index is 15.0. The molecule has 4 aromatic rings. The van der Waals surface area contributed by atoms with Gasteiger partial charge in [0.05, 0.1) is 22.8 Å². The third-order valence-electron chi connectivity index (χ3n) is 4.49. The number of benzene rings is 3. The second-order valence-electron chi connectivity index (χ2n) is 6.55. The second kappa shape index (κ2) is 8.24. The lowest BCUT2D eigenvalue weighted by Gasteiger charge is -2.11. The third kappa shape index (κ3) is 4.07. The van der Waals surface area contributed by atoms with Crippen LogP contribution >= 0.6 is 0 Å². The summed E-state index contributed by atoms with van der Waals surface area (Å²) in [4.78, 5) is 20.9. The highest BCUT2D eigenvalue weighted by Gasteiger charge is 2.23. The Bertz CT molecular complexity index is 1370. The van der Waals surface area contributed by atoms with Crippen molar-refractivity contribution in [3.8, 4) is 11.8 Å². The molecule has 8 heteroatoms. The summed E-state index contributed by atoms with van der Waals surface area (Å²) in [6.07, 6.45) is 1.28. The minimum atomic E-state index is -1.17. The van der Waals surface area contributed by atoms with Crippen molar-refractivity contribution in [3.05, 3.63) is 101 Å². The average Bonchev–Trinajstić information content (AvgIpc) is 2.77. The van der Waals surface area contributed by atoms with Crippen LogP contribution < -0.4 is 4.74 Å². The Hall–Kier alpha value is -4.25. The molecule has 0 saturated carbocycles. The quantitative estimate of drug-likeness (QED) is 0.437. The Kier molecular flexibility index (Phi) is 5.33. The number of hydrogen-bond acceptors (Lipinski definition) is 5. The van der Waals surface area contributed by atoms with Crippen LogP contribution in [0.5, 0.6) is 5.75 Å². The van der Waals surface area contributed by atoms with E-state index in [1.54, 1.807) is 6.07 Å². The molecule has 0 spiro atoms. The number of rotatable bonds is 5. The van der Waals surface area contributed by atoms with Crippen molar-refractivity contribution in [3.63, 3.8) is 0 Å². The van der Waals surface area contributed by atoms with E-state index in [2.05, 4.69) is 9.97 Å². The summed E-state index contributed by atoms with van der Waals surface area (Å²) in [5, 5.41) is 8.95. The predicted molar refractivity (Wildman–Crippen MR) is 105 cm³/mol. The molecule has 152 valence electrons. The largest absolute Gasteiger partial charge is 0.486 e. The zero-order valence-electron chi connectivity index (χ0n) is 15.8. The zero-order valence-corrected chi connectivity index (χ0v) is 15.8. The Morgan fingerprint density at radius 3 is 2.65 bits per heavy atom. The normalized spacial score (nSPS) is 10.6. The number of nitrogens with zero attached hydrogens (tertiary/aromatic N) is 3. The van der Waals surface area contributed by atoms with Crippen LogP contribution in [0.4, 0.5) is 13.2 Å². The van der Waals surface area contributed by atoms with E-state index in [4.69, 9.17) is 10.00 Å². The highest BCUT2D eigenvalue weighted by atomic mass is 19.1. The number of ether oxygens (including phenoxy) is 1. The summed E-state index contributed by atoms with van der Waals surface area (Å²) in [6, 6.07) is 13.5. The molecule has 3 aromatic carbocycles. The highest BCUT2D eigenvalue weighted by molar-refractivity contribution is 6.10. The van der Waals surface area contributed by atoms with Crippen molar-refractivity contribution in [1.29, 1.82) is 5.26 Å². The van der Waals surface area contributed by atoms with E-state index in [9.17, 15) is 18.0 Å².